The molecule has 1 saturated heterocycles. The van der Waals surface area contributed by atoms with Gasteiger partial charge >= 0.3 is 5.97 Å². The lowest BCUT2D eigenvalue weighted by Gasteiger charge is -1.99. The molecule has 4 nitrogen and oxygen atoms in total. The summed E-state index contributed by atoms with van der Waals surface area (Å²) in [6.45, 7) is 9.22. The molecule has 0 amide bonds. The van der Waals surface area contributed by atoms with E-state index in [9.17, 15) is 9.59 Å². The molecule has 0 aromatic rings. The molecule has 1 aliphatic heterocycles. The van der Waals surface area contributed by atoms with E-state index < -0.39 is 5.24 Å². The van der Waals surface area contributed by atoms with Crippen molar-refractivity contribution in [3.63, 3.8) is 0 Å². The Kier molecular flexibility index (Phi) is 6.66. The van der Waals surface area contributed by atoms with Crippen molar-refractivity contribution < 1.29 is 19.1 Å². The average Bonchev–Trinajstić information content (AvgIpc) is 2.98. The minimum Gasteiger partial charge on any atom is -0.459 e. The second-order valence-corrected chi connectivity index (χ2v) is 3.21. The van der Waals surface area contributed by atoms with Crippen LogP contribution in [0.15, 0.2) is 24.8 Å². The molecule has 1 aliphatic rings. The molecule has 0 aliphatic carbocycles. The fraction of sp³-hybridized carbons (Fsp3) is 0.400. The molecule has 1 fully saturated rings. The predicted octanol–water partition coefficient (Wildman–Crippen LogP) is 1.44. The summed E-state index contributed by atoms with van der Waals surface area (Å²) >= 11 is 4.71. The van der Waals surface area contributed by atoms with Crippen LogP contribution in [0.25, 0.3) is 0 Å². The van der Waals surface area contributed by atoms with Crippen LogP contribution in [0.3, 0.4) is 0 Å². The van der Waals surface area contributed by atoms with Gasteiger partial charge in [-0.1, -0.05) is 13.2 Å². The van der Waals surface area contributed by atoms with Crippen LogP contribution in [0, 0.1) is 0 Å². The molecule has 1 atom stereocenters. The third-order valence-electron chi connectivity index (χ3n) is 1.31. The van der Waals surface area contributed by atoms with E-state index in [4.69, 9.17) is 21.1 Å². The molecule has 1 rings (SSSR count). The number of hydrogen-bond donors (Lipinski definition) is 0. The number of hydrogen-bond acceptors (Lipinski definition) is 4. The highest BCUT2D eigenvalue weighted by atomic mass is 35.5. The van der Waals surface area contributed by atoms with Crippen molar-refractivity contribution >= 4 is 22.8 Å². The number of carbonyl (C=O) groups excluding carboxylic acids is 2. The van der Waals surface area contributed by atoms with Crippen molar-refractivity contribution in [2.75, 3.05) is 13.2 Å². The van der Waals surface area contributed by atoms with E-state index in [-0.39, 0.29) is 12.1 Å². The molecule has 1 heterocycles. The Morgan fingerprint density at radius 1 is 1.67 bits per heavy atom. The maximum absolute atomic E-state index is 10.7. The SMILES string of the molecule is C=C(C)C(=O)OCC1CO1.C=CC(=O)Cl. The second-order valence-electron chi connectivity index (χ2n) is 2.84. The van der Waals surface area contributed by atoms with Crippen LogP contribution in [0.1, 0.15) is 6.92 Å². The Labute approximate surface area is 93.5 Å². The summed E-state index contributed by atoms with van der Waals surface area (Å²) in [6.07, 6.45) is 1.19. The third-order valence-corrected chi connectivity index (χ3v) is 1.47. The lowest BCUT2D eigenvalue weighted by molar-refractivity contribution is -0.139. The normalized spacial score (nSPS) is 16.8. The zero-order valence-electron chi connectivity index (χ0n) is 8.49. The Balaban J connectivity index is 0.000000336. The maximum Gasteiger partial charge on any atom is 0.333 e. The zero-order valence-corrected chi connectivity index (χ0v) is 9.25. The van der Waals surface area contributed by atoms with Gasteiger partial charge in [0.05, 0.1) is 6.61 Å². The Morgan fingerprint density at radius 3 is 2.40 bits per heavy atom. The number of allylic oxidation sites excluding steroid dienone is 1. The van der Waals surface area contributed by atoms with Gasteiger partial charge < -0.3 is 9.47 Å². The summed E-state index contributed by atoms with van der Waals surface area (Å²) in [4.78, 5) is 20.2. The van der Waals surface area contributed by atoms with Crippen LogP contribution in [-0.2, 0) is 19.1 Å². The average molecular weight is 233 g/mol. The van der Waals surface area contributed by atoms with Gasteiger partial charge in [-0.2, -0.15) is 0 Å². The Bertz CT molecular complexity index is 269. The molecule has 0 saturated carbocycles. The molecule has 0 aromatic heterocycles. The first-order valence-corrected chi connectivity index (χ1v) is 4.61. The monoisotopic (exact) mass is 232 g/mol. The lowest BCUT2D eigenvalue weighted by atomic mass is 10.4. The highest BCUT2D eigenvalue weighted by Crippen LogP contribution is 2.09. The Hall–Kier alpha value is -1.13. The quantitative estimate of drug-likeness (QED) is 0.319. The largest absolute Gasteiger partial charge is 0.459 e. The number of rotatable bonds is 4. The topological polar surface area (TPSA) is 55.9 Å². The minimum absolute atomic E-state index is 0.142. The van der Waals surface area contributed by atoms with Gasteiger partial charge in [0.25, 0.3) is 0 Å². The van der Waals surface area contributed by atoms with E-state index >= 15 is 0 Å². The minimum atomic E-state index is -0.509. The van der Waals surface area contributed by atoms with E-state index in [1.165, 1.54) is 0 Å². The molecule has 0 bridgehead atoms. The summed E-state index contributed by atoms with van der Waals surface area (Å²) in [7, 11) is 0. The molecule has 5 heteroatoms. The standard InChI is InChI=1S/C7H10O3.C3H3ClO/c1-5(2)7(8)10-4-6-3-9-6;1-2-3(4)5/h6H,1,3-4H2,2H3;2H,1H2. The van der Waals surface area contributed by atoms with E-state index in [0.29, 0.717) is 18.8 Å². The van der Waals surface area contributed by atoms with Gasteiger partial charge in [-0.05, 0) is 24.6 Å². The second kappa shape index (κ2) is 7.20. The first-order chi connectivity index (χ1) is 6.97. The van der Waals surface area contributed by atoms with E-state index in [1.54, 1.807) is 6.92 Å². The van der Waals surface area contributed by atoms with E-state index in [2.05, 4.69) is 13.2 Å². The summed E-state index contributed by atoms with van der Waals surface area (Å²) < 4.78 is 9.60. The van der Waals surface area contributed by atoms with Crippen LogP contribution in [0.5, 0.6) is 0 Å². The number of epoxide rings is 1. The molecule has 0 spiro atoms. The van der Waals surface area contributed by atoms with Crippen LogP contribution < -0.4 is 0 Å². The zero-order chi connectivity index (χ0) is 11.8. The number of carbonyl (C=O) groups is 2. The molecule has 0 aromatic carbocycles. The first-order valence-electron chi connectivity index (χ1n) is 4.23. The fourth-order valence-electron chi connectivity index (χ4n) is 0.456. The summed E-state index contributed by atoms with van der Waals surface area (Å²) in [5, 5.41) is -0.509. The Morgan fingerprint density at radius 2 is 2.13 bits per heavy atom. The highest BCUT2D eigenvalue weighted by Gasteiger charge is 2.24. The van der Waals surface area contributed by atoms with Crippen LogP contribution in [-0.4, -0.2) is 30.5 Å². The van der Waals surface area contributed by atoms with Gasteiger partial charge in [-0.25, -0.2) is 4.79 Å². The maximum atomic E-state index is 10.7. The van der Waals surface area contributed by atoms with Gasteiger partial charge in [0.1, 0.15) is 12.7 Å². The van der Waals surface area contributed by atoms with Crippen LogP contribution in [0.4, 0.5) is 0 Å². The van der Waals surface area contributed by atoms with Crippen LogP contribution in [0.2, 0.25) is 0 Å². The van der Waals surface area contributed by atoms with E-state index in [0.717, 1.165) is 6.08 Å². The van der Waals surface area contributed by atoms with Crippen molar-refractivity contribution in [1.82, 2.24) is 0 Å². The van der Waals surface area contributed by atoms with Gasteiger partial charge in [0.15, 0.2) is 0 Å². The van der Waals surface area contributed by atoms with Gasteiger partial charge in [-0.3, -0.25) is 4.79 Å². The molecule has 0 N–H and O–H groups in total. The third kappa shape index (κ3) is 9.18. The summed E-state index contributed by atoms with van der Waals surface area (Å²) in [6, 6.07) is 0. The van der Waals surface area contributed by atoms with Gasteiger partial charge in [-0.15, -0.1) is 0 Å². The smallest absolute Gasteiger partial charge is 0.333 e. The highest BCUT2D eigenvalue weighted by molar-refractivity contribution is 6.66. The number of esters is 1. The molecule has 1 unspecified atom stereocenters. The lowest BCUT2D eigenvalue weighted by Crippen LogP contribution is -2.09. The molecule has 84 valence electrons. The van der Waals surface area contributed by atoms with Crippen LogP contribution >= 0.6 is 11.6 Å². The van der Waals surface area contributed by atoms with Crippen molar-refractivity contribution in [2.45, 2.75) is 13.0 Å². The summed E-state index contributed by atoms with van der Waals surface area (Å²) in [5.74, 6) is -0.337. The molecule has 15 heavy (non-hydrogen) atoms. The van der Waals surface area contributed by atoms with Crippen molar-refractivity contribution in [1.29, 1.82) is 0 Å². The summed E-state index contributed by atoms with van der Waals surface area (Å²) in [5.41, 5.74) is 0.431. The molecule has 0 radical (unpaired) electrons. The predicted molar refractivity (Wildman–Crippen MR) is 56.6 cm³/mol. The van der Waals surface area contributed by atoms with Gasteiger partial charge in [0.2, 0.25) is 5.24 Å². The fourth-order valence-corrected chi connectivity index (χ4v) is 0.456. The van der Waals surface area contributed by atoms with Crippen molar-refractivity contribution in [2.24, 2.45) is 0 Å². The van der Waals surface area contributed by atoms with Crippen molar-refractivity contribution in [3.8, 4) is 0 Å². The molecular formula is C10H13ClO4. The first kappa shape index (κ1) is 13.9. The number of ether oxygens (including phenoxy) is 2. The molecular weight excluding hydrogens is 220 g/mol. The number of halogens is 1. The van der Waals surface area contributed by atoms with Gasteiger partial charge in [0, 0.05) is 5.57 Å². The van der Waals surface area contributed by atoms with E-state index in [1.807, 2.05) is 0 Å². The van der Waals surface area contributed by atoms with Crippen molar-refractivity contribution in [3.05, 3.63) is 24.8 Å².